The molecular formula is C11H20N2O2. The van der Waals surface area contributed by atoms with E-state index in [0.29, 0.717) is 17.7 Å². The number of carbonyl (C=O) groups excluding carboxylic acids is 1. The summed E-state index contributed by atoms with van der Waals surface area (Å²) in [4.78, 5) is 14.0. The number of hydrogen-bond donors (Lipinski definition) is 1. The van der Waals surface area contributed by atoms with Crippen molar-refractivity contribution >= 4 is 5.91 Å². The maximum Gasteiger partial charge on any atom is 0.228 e. The van der Waals surface area contributed by atoms with Gasteiger partial charge in [0.15, 0.2) is 0 Å². The minimum atomic E-state index is 0.235. The van der Waals surface area contributed by atoms with Gasteiger partial charge in [0.05, 0.1) is 12.5 Å². The third-order valence-electron chi connectivity index (χ3n) is 3.59. The molecule has 2 rings (SSSR count). The maximum absolute atomic E-state index is 12.0. The lowest BCUT2D eigenvalue weighted by molar-refractivity contribution is -0.136. The van der Waals surface area contributed by atoms with Crippen molar-refractivity contribution < 1.29 is 9.53 Å². The van der Waals surface area contributed by atoms with Gasteiger partial charge in [0.1, 0.15) is 0 Å². The van der Waals surface area contributed by atoms with Gasteiger partial charge in [-0.1, -0.05) is 6.92 Å². The predicted octanol–water partition coefficient (Wildman–Crippen LogP) is -0.0533. The molecule has 0 aliphatic carbocycles. The molecular weight excluding hydrogens is 192 g/mol. The number of nitrogens with one attached hydrogen (secondary N) is 1. The van der Waals surface area contributed by atoms with Gasteiger partial charge in [-0.15, -0.1) is 0 Å². The Hall–Kier alpha value is -0.610. The number of nitrogens with zero attached hydrogens (tertiary/aromatic N) is 1. The van der Waals surface area contributed by atoms with Gasteiger partial charge in [-0.25, -0.2) is 0 Å². The minimum absolute atomic E-state index is 0.235. The Labute approximate surface area is 91.0 Å². The van der Waals surface area contributed by atoms with Gasteiger partial charge in [-0.05, 0) is 5.92 Å². The molecule has 2 saturated heterocycles. The summed E-state index contributed by atoms with van der Waals surface area (Å²) in [5, 5.41) is 3.14. The fraction of sp³-hybridized carbons (Fsp3) is 0.909. The van der Waals surface area contributed by atoms with E-state index >= 15 is 0 Å². The van der Waals surface area contributed by atoms with Crippen LogP contribution in [0.15, 0.2) is 0 Å². The first-order chi connectivity index (χ1) is 7.22. The largest absolute Gasteiger partial charge is 0.384 e. The van der Waals surface area contributed by atoms with Gasteiger partial charge in [-0.3, -0.25) is 4.79 Å². The molecule has 4 heteroatoms. The normalized spacial score (nSPS) is 31.7. The van der Waals surface area contributed by atoms with Crippen LogP contribution in [0.5, 0.6) is 0 Å². The van der Waals surface area contributed by atoms with Crippen LogP contribution in [0.1, 0.15) is 6.92 Å². The van der Waals surface area contributed by atoms with E-state index in [0.717, 1.165) is 32.8 Å². The zero-order valence-electron chi connectivity index (χ0n) is 9.53. The fourth-order valence-corrected chi connectivity index (χ4v) is 2.37. The minimum Gasteiger partial charge on any atom is -0.384 e. The number of amides is 1. The van der Waals surface area contributed by atoms with Gasteiger partial charge in [0.2, 0.25) is 5.91 Å². The lowest BCUT2D eigenvalue weighted by Crippen LogP contribution is -2.51. The molecule has 2 atom stereocenters. The highest BCUT2D eigenvalue weighted by Crippen LogP contribution is 2.25. The van der Waals surface area contributed by atoms with Crippen LogP contribution in [-0.2, 0) is 9.53 Å². The third kappa shape index (κ3) is 2.16. The van der Waals surface area contributed by atoms with Gasteiger partial charge in [0, 0.05) is 39.2 Å². The first-order valence-electron chi connectivity index (χ1n) is 5.70. The molecule has 15 heavy (non-hydrogen) atoms. The number of methoxy groups -OCH3 is 1. The third-order valence-corrected chi connectivity index (χ3v) is 3.59. The summed E-state index contributed by atoms with van der Waals surface area (Å²) in [7, 11) is 1.73. The Bertz CT molecular complexity index is 241. The predicted molar refractivity (Wildman–Crippen MR) is 57.5 cm³/mol. The second kappa shape index (κ2) is 4.49. The standard InChI is InChI=1S/C11H20N2O2/c1-8-5-13(6-10(8)7-15-2)11(14)9-3-12-4-9/h8-10,12H,3-7H2,1-2H3. The number of ether oxygens (including phenoxy) is 1. The summed E-state index contributed by atoms with van der Waals surface area (Å²) >= 11 is 0. The van der Waals surface area contributed by atoms with Gasteiger partial charge in [-0.2, -0.15) is 0 Å². The Kier molecular flexibility index (Phi) is 3.26. The highest BCUT2D eigenvalue weighted by atomic mass is 16.5. The molecule has 2 heterocycles. The molecule has 0 aromatic carbocycles. The number of rotatable bonds is 3. The van der Waals surface area contributed by atoms with Crippen molar-refractivity contribution in [2.75, 3.05) is 39.9 Å². The lowest BCUT2D eigenvalue weighted by Gasteiger charge is -2.30. The number of likely N-dealkylation sites (tertiary alicyclic amines) is 1. The van der Waals surface area contributed by atoms with Crippen LogP contribution in [-0.4, -0.2) is 50.7 Å². The van der Waals surface area contributed by atoms with E-state index in [-0.39, 0.29) is 5.92 Å². The molecule has 2 unspecified atom stereocenters. The van der Waals surface area contributed by atoms with E-state index in [1.165, 1.54) is 0 Å². The zero-order chi connectivity index (χ0) is 10.8. The van der Waals surface area contributed by atoms with Crippen molar-refractivity contribution in [1.82, 2.24) is 10.2 Å². The summed E-state index contributed by atoms with van der Waals surface area (Å²) in [6, 6.07) is 0. The van der Waals surface area contributed by atoms with Crippen LogP contribution in [0, 0.1) is 17.8 Å². The quantitative estimate of drug-likeness (QED) is 0.713. The van der Waals surface area contributed by atoms with E-state index in [9.17, 15) is 4.79 Å². The molecule has 0 saturated carbocycles. The van der Waals surface area contributed by atoms with Crippen molar-refractivity contribution in [3.8, 4) is 0 Å². The fourth-order valence-electron chi connectivity index (χ4n) is 2.37. The van der Waals surface area contributed by atoms with Crippen molar-refractivity contribution in [3.05, 3.63) is 0 Å². The summed E-state index contributed by atoms with van der Waals surface area (Å²) < 4.78 is 5.17. The topological polar surface area (TPSA) is 41.6 Å². The molecule has 2 aliphatic heterocycles. The average molecular weight is 212 g/mol. The Morgan fingerprint density at radius 2 is 2.20 bits per heavy atom. The number of hydrogen-bond acceptors (Lipinski definition) is 3. The molecule has 2 aliphatic rings. The molecule has 0 aromatic rings. The molecule has 4 nitrogen and oxygen atoms in total. The molecule has 1 amide bonds. The molecule has 0 bridgehead atoms. The van der Waals surface area contributed by atoms with E-state index in [2.05, 4.69) is 12.2 Å². The Morgan fingerprint density at radius 1 is 1.47 bits per heavy atom. The summed E-state index contributed by atoms with van der Waals surface area (Å²) in [5.41, 5.74) is 0. The van der Waals surface area contributed by atoms with Crippen molar-refractivity contribution in [2.45, 2.75) is 6.92 Å². The lowest BCUT2D eigenvalue weighted by atomic mass is 10.00. The van der Waals surface area contributed by atoms with E-state index in [1.807, 2.05) is 4.90 Å². The molecule has 2 fully saturated rings. The maximum atomic E-state index is 12.0. The summed E-state index contributed by atoms with van der Waals surface area (Å²) in [6.07, 6.45) is 0. The first kappa shape index (κ1) is 10.9. The van der Waals surface area contributed by atoms with Gasteiger partial charge < -0.3 is 15.0 Å². The smallest absolute Gasteiger partial charge is 0.228 e. The van der Waals surface area contributed by atoms with Crippen molar-refractivity contribution in [1.29, 1.82) is 0 Å². The molecule has 0 aromatic heterocycles. The highest BCUT2D eigenvalue weighted by molar-refractivity contribution is 5.80. The van der Waals surface area contributed by atoms with Crippen LogP contribution < -0.4 is 5.32 Å². The van der Waals surface area contributed by atoms with Crippen LogP contribution in [0.25, 0.3) is 0 Å². The Balaban J connectivity index is 1.87. The van der Waals surface area contributed by atoms with Crippen LogP contribution in [0.3, 0.4) is 0 Å². The van der Waals surface area contributed by atoms with Crippen LogP contribution >= 0.6 is 0 Å². The summed E-state index contributed by atoms with van der Waals surface area (Å²) in [5.74, 6) is 1.66. The van der Waals surface area contributed by atoms with E-state index < -0.39 is 0 Å². The van der Waals surface area contributed by atoms with Crippen LogP contribution in [0.4, 0.5) is 0 Å². The van der Waals surface area contributed by atoms with Gasteiger partial charge in [0.25, 0.3) is 0 Å². The van der Waals surface area contributed by atoms with Crippen LogP contribution in [0.2, 0.25) is 0 Å². The molecule has 0 spiro atoms. The molecule has 0 radical (unpaired) electrons. The average Bonchev–Trinajstić information content (AvgIpc) is 2.46. The van der Waals surface area contributed by atoms with E-state index in [1.54, 1.807) is 7.11 Å². The van der Waals surface area contributed by atoms with Gasteiger partial charge >= 0.3 is 0 Å². The number of carbonyl (C=O) groups is 1. The monoisotopic (exact) mass is 212 g/mol. The molecule has 1 N–H and O–H groups in total. The zero-order valence-corrected chi connectivity index (χ0v) is 9.53. The SMILES string of the molecule is COCC1CN(C(=O)C2CNC2)CC1C. The summed E-state index contributed by atoms with van der Waals surface area (Å²) in [6.45, 7) is 6.48. The molecule has 86 valence electrons. The first-order valence-corrected chi connectivity index (χ1v) is 5.70. The second-order valence-electron chi connectivity index (χ2n) is 4.79. The Morgan fingerprint density at radius 3 is 2.73 bits per heavy atom. The highest BCUT2D eigenvalue weighted by Gasteiger charge is 2.36. The van der Waals surface area contributed by atoms with Crippen molar-refractivity contribution in [2.24, 2.45) is 17.8 Å². The second-order valence-corrected chi connectivity index (χ2v) is 4.79. The van der Waals surface area contributed by atoms with Crippen molar-refractivity contribution in [3.63, 3.8) is 0 Å². The van der Waals surface area contributed by atoms with E-state index in [4.69, 9.17) is 4.74 Å².